The number of nitrogens with zero attached hydrogens (tertiary/aromatic N) is 4. The Morgan fingerprint density at radius 2 is 1.80 bits per heavy atom. The van der Waals surface area contributed by atoms with Crippen LogP contribution in [0.2, 0.25) is 0 Å². The summed E-state index contributed by atoms with van der Waals surface area (Å²) in [5.41, 5.74) is -0.0240. The van der Waals surface area contributed by atoms with Crippen molar-refractivity contribution in [2.45, 2.75) is 26.8 Å². The first-order chi connectivity index (χ1) is 11.7. The zero-order chi connectivity index (χ0) is 18.7. The van der Waals surface area contributed by atoms with Crippen LogP contribution >= 0.6 is 22.6 Å². The van der Waals surface area contributed by atoms with Crippen molar-refractivity contribution < 1.29 is 14.6 Å². The minimum atomic E-state index is -0.716. The Morgan fingerprint density at radius 1 is 1.24 bits per heavy atom. The first kappa shape index (κ1) is 18.8. The van der Waals surface area contributed by atoms with Gasteiger partial charge in [-0.05, 0) is 36.4 Å². The standard InChI is InChI=1S/C14H14IN5O5/c1-8-12(19(22)23)5-10(6-13(8)20(24)25)16-14(21)3-4-18-7-11(15)9(2)17-18/h5-7H,3-4H2,1-2H3,(H,16,21). The Labute approximate surface area is 155 Å². The molecule has 1 heterocycles. The minimum Gasteiger partial charge on any atom is -0.326 e. The molecule has 132 valence electrons. The highest BCUT2D eigenvalue weighted by Crippen LogP contribution is 2.31. The van der Waals surface area contributed by atoms with Gasteiger partial charge in [-0.25, -0.2) is 0 Å². The number of nitrogens with one attached hydrogen (secondary N) is 1. The zero-order valence-corrected chi connectivity index (χ0v) is 15.5. The molecule has 11 heteroatoms. The van der Waals surface area contributed by atoms with Gasteiger partial charge in [0.1, 0.15) is 5.56 Å². The quantitative estimate of drug-likeness (QED) is 0.401. The van der Waals surface area contributed by atoms with Gasteiger partial charge in [0.05, 0.1) is 24.8 Å². The molecule has 0 radical (unpaired) electrons. The van der Waals surface area contributed by atoms with Crippen molar-refractivity contribution in [3.8, 4) is 0 Å². The van der Waals surface area contributed by atoms with E-state index in [1.54, 1.807) is 10.9 Å². The molecule has 1 aromatic heterocycles. The lowest BCUT2D eigenvalue weighted by molar-refractivity contribution is -0.395. The van der Waals surface area contributed by atoms with E-state index in [0.717, 1.165) is 21.4 Å². The summed E-state index contributed by atoms with van der Waals surface area (Å²) < 4.78 is 2.60. The maximum absolute atomic E-state index is 12.0. The Kier molecular flexibility index (Phi) is 5.66. The number of benzene rings is 1. The monoisotopic (exact) mass is 459 g/mol. The number of rotatable bonds is 6. The number of nitro groups is 2. The highest BCUT2D eigenvalue weighted by molar-refractivity contribution is 14.1. The van der Waals surface area contributed by atoms with Crippen molar-refractivity contribution in [1.29, 1.82) is 0 Å². The van der Waals surface area contributed by atoms with Crippen LogP contribution in [0.3, 0.4) is 0 Å². The average Bonchev–Trinajstić information content (AvgIpc) is 2.84. The third-order valence-corrected chi connectivity index (χ3v) is 4.54. The molecule has 0 aliphatic carbocycles. The van der Waals surface area contributed by atoms with Gasteiger partial charge in [0.25, 0.3) is 11.4 Å². The van der Waals surface area contributed by atoms with E-state index < -0.39 is 27.1 Å². The van der Waals surface area contributed by atoms with Crippen LogP contribution in [-0.4, -0.2) is 25.5 Å². The van der Waals surface area contributed by atoms with Gasteiger partial charge in [-0.15, -0.1) is 0 Å². The summed E-state index contributed by atoms with van der Waals surface area (Å²) in [5, 5.41) is 28.8. The number of carbonyl (C=O) groups is 1. The fourth-order valence-corrected chi connectivity index (χ4v) is 2.61. The molecular weight excluding hydrogens is 445 g/mol. The number of anilines is 1. The molecule has 10 nitrogen and oxygen atoms in total. The molecule has 2 aromatic rings. The second kappa shape index (κ2) is 7.55. The van der Waals surface area contributed by atoms with Crippen LogP contribution < -0.4 is 5.32 Å². The second-order valence-electron chi connectivity index (χ2n) is 5.28. The van der Waals surface area contributed by atoms with E-state index in [4.69, 9.17) is 0 Å². The average molecular weight is 459 g/mol. The number of halogens is 1. The summed E-state index contributed by atoms with van der Waals surface area (Å²) in [6.45, 7) is 3.47. The van der Waals surface area contributed by atoms with E-state index in [1.807, 2.05) is 6.92 Å². The van der Waals surface area contributed by atoms with Gasteiger partial charge in [0.15, 0.2) is 0 Å². The molecule has 0 atom stereocenters. The smallest absolute Gasteiger partial charge is 0.281 e. The third-order valence-electron chi connectivity index (χ3n) is 3.48. The fraction of sp³-hybridized carbons (Fsp3) is 0.286. The topological polar surface area (TPSA) is 133 Å². The van der Waals surface area contributed by atoms with E-state index >= 15 is 0 Å². The summed E-state index contributed by atoms with van der Waals surface area (Å²) in [6, 6.07) is 2.22. The van der Waals surface area contributed by atoms with Gasteiger partial charge in [0.2, 0.25) is 5.91 Å². The van der Waals surface area contributed by atoms with Gasteiger partial charge < -0.3 is 5.32 Å². The van der Waals surface area contributed by atoms with Crippen molar-refractivity contribution in [2.24, 2.45) is 0 Å². The third kappa shape index (κ3) is 4.49. The van der Waals surface area contributed by atoms with Gasteiger partial charge in [-0.1, -0.05) is 0 Å². The number of aryl methyl sites for hydroxylation is 2. The number of nitro benzene ring substituents is 2. The minimum absolute atomic E-state index is 0.0141. The first-order valence-electron chi connectivity index (χ1n) is 7.12. The molecule has 0 saturated carbocycles. The van der Waals surface area contributed by atoms with E-state index in [9.17, 15) is 25.0 Å². The van der Waals surface area contributed by atoms with Crippen LogP contribution in [0.15, 0.2) is 18.3 Å². The van der Waals surface area contributed by atoms with E-state index in [-0.39, 0.29) is 17.7 Å². The highest BCUT2D eigenvalue weighted by Gasteiger charge is 2.23. The molecule has 2 rings (SSSR count). The van der Waals surface area contributed by atoms with Crippen molar-refractivity contribution in [2.75, 3.05) is 5.32 Å². The van der Waals surface area contributed by atoms with Gasteiger partial charge in [-0.3, -0.25) is 29.7 Å². The molecule has 0 spiro atoms. The number of hydrogen-bond donors (Lipinski definition) is 1. The summed E-state index contributed by atoms with van der Waals surface area (Å²) in [5.74, 6) is -0.421. The predicted octanol–water partition coefficient (Wildman–Crippen LogP) is 2.95. The molecule has 1 amide bonds. The number of carbonyl (C=O) groups excluding carboxylic acids is 1. The van der Waals surface area contributed by atoms with Gasteiger partial charge in [0, 0.05) is 31.3 Å². The lowest BCUT2D eigenvalue weighted by Gasteiger charge is -2.07. The molecule has 1 aromatic carbocycles. The molecule has 0 unspecified atom stereocenters. The second-order valence-corrected chi connectivity index (χ2v) is 6.44. The molecule has 0 bridgehead atoms. The normalized spacial score (nSPS) is 10.5. The van der Waals surface area contributed by atoms with Crippen LogP contribution in [0.1, 0.15) is 17.7 Å². The van der Waals surface area contributed by atoms with E-state index in [1.165, 1.54) is 6.92 Å². The number of aromatic nitrogens is 2. The molecule has 1 N–H and O–H groups in total. The van der Waals surface area contributed by atoms with Crippen molar-refractivity contribution in [3.05, 3.63) is 53.4 Å². The van der Waals surface area contributed by atoms with Gasteiger partial charge >= 0.3 is 0 Å². The van der Waals surface area contributed by atoms with E-state index in [2.05, 4.69) is 33.0 Å². The zero-order valence-electron chi connectivity index (χ0n) is 13.4. The molecule has 0 aliphatic heterocycles. The Morgan fingerprint density at radius 3 is 2.24 bits per heavy atom. The van der Waals surface area contributed by atoms with Crippen LogP contribution in [-0.2, 0) is 11.3 Å². The maximum atomic E-state index is 12.0. The Hall–Kier alpha value is -2.57. The fourth-order valence-electron chi connectivity index (χ4n) is 2.18. The van der Waals surface area contributed by atoms with Crippen LogP contribution in [0, 0.1) is 37.6 Å². The summed E-state index contributed by atoms with van der Waals surface area (Å²) >= 11 is 2.13. The Bertz CT molecular complexity index is 809. The SMILES string of the molecule is Cc1nn(CCC(=O)Nc2cc([N+](=O)[O-])c(C)c([N+](=O)[O-])c2)cc1I. The van der Waals surface area contributed by atoms with Crippen molar-refractivity contribution in [3.63, 3.8) is 0 Å². The molecule has 0 saturated heterocycles. The van der Waals surface area contributed by atoms with Gasteiger partial charge in [-0.2, -0.15) is 5.10 Å². The largest absolute Gasteiger partial charge is 0.326 e. The van der Waals surface area contributed by atoms with Crippen molar-refractivity contribution >= 4 is 45.6 Å². The molecule has 0 fully saturated rings. The predicted molar refractivity (Wildman–Crippen MR) is 97.4 cm³/mol. The molecule has 0 aliphatic rings. The summed E-state index contributed by atoms with van der Waals surface area (Å²) in [6.07, 6.45) is 1.87. The number of amides is 1. The van der Waals surface area contributed by atoms with Crippen LogP contribution in [0.25, 0.3) is 0 Å². The number of hydrogen-bond acceptors (Lipinski definition) is 6. The Balaban J connectivity index is 2.14. The maximum Gasteiger partial charge on any atom is 0.281 e. The lowest BCUT2D eigenvalue weighted by atomic mass is 10.1. The highest BCUT2D eigenvalue weighted by atomic mass is 127. The summed E-state index contributed by atoms with van der Waals surface area (Å²) in [7, 11) is 0. The van der Waals surface area contributed by atoms with Crippen molar-refractivity contribution in [1.82, 2.24) is 9.78 Å². The van der Waals surface area contributed by atoms with E-state index in [0.29, 0.717) is 6.54 Å². The lowest BCUT2D eigenvalue weighted by Crippen LogP contribution is -2.15. The first-order valence-corrected chi connectivity index (χ1v) is 8.19. The molecular formula is C14H14IN5O5. The molecule has 25 heavy (non-hydrogen) atoms. The summed E-state index contributed by atoms with van der Waals surface area (Å²) in [4.78, 5) is 32.7. The van der Waals surface area contributed by atoms with Crippen LogP contribution in [0.5, 0.6) is 0 Å². The van der Waals surface area contributed by atoms with Crippen LogP contribution in [0.4, 0.5) is 17.1 Å².